The number of nitrogens with zero attached hydrogens (tertiary/aromatic N) is 3. The van der Waals surface area contributed by atoms with Crippen LogP contribution in [0.25, 0.3) is 16.7 Å². The number of aromatic nitrogens is 2. The molecule has 0 atom stereocenters. The SMILES string of the molecule is CC/N=C\C(=C/N)c1cc(N)cc(-c2cncnc2)c1. The maximum absolute atomic E-state index is 5.96. The Kier molecular flexibility index (Phi) is 4.44. The average Bonchev–Trinajstić information content (AvgIpc) is 2.48. The Morgan fingerprint density at radius 3 is 2.60 bits per heavy atom. The number of hydrogen-bond donors (Lipinski definition) is 2. The topological polar surface area (TPSA) is 90.2 Å². The molecule has 2 aromatic rings. The van der Waals surface area contributed by atoms with Gasteiger partial charge in [0.15, 0.2) is 0 Å². The van der Waals surface area contributed by atoms with Crippen molar-refractivity contribution in [3.05, 3.63) is 48.7 Å². The monoisotopic (exact) mass is 267 g/mol. The molecule has 0 amide bonds. The lowest BCUT2D eigenvalue weighted by molar-refractivity contribution is 1.14. The summed E-state index contributed by atoms with van der Waals surface area (Å²) in [5, 5.41) is 0. The molecule has 0 aliphatic carbocycles. The third kappa shape index (κ3) is 3.20. The van der Waals surface area contributed by atoms with Gasteiger partial charge in [-0.05, 0) is 36.2 Å². The molecular weight excluding hydrogens is 250 g/mol. The summed E-state index contributed by atoms with van der Waals surface area (Å²) in [6.45, 7) is 2.68. The number of nitrogens with two attached hydrogens (primary N) is 2. The van der Waals surface area contributed by atoms with Gasteiger partial charge < -0.3 is 11.5 Å². The standard InChI is InChI=1S/C15H17N5/c1-2-18-7-13(6-16)11-3-12(5-15(17)4-11)14-8-19-10-20-9-14/h3-10H,2,16-17H2,1H3/b13-6+,18-7-. The van der Waals surface area contributed by atoms with Crippen LogP contribution in [0.5, 0.6) is 0 Å². The average molecular weight is 267 g/mol. The highest BCUT2D eigenvalue weighted by Crippen LogP contribution is 2.25. The third-order valence-electron chi connectivity index (χ3n) is 2.78. The minimum Gasteiger partial charge on any atom is -0.404 e. The normalized spacial score (nSPS) is 11.9. The van der Waals surface area contributed by atoms with Crippen LogP contribution in [0.3, 0.4) is 0 Å². The molecule has 20 heavy (non-hydrogen) atoms. The van der Waals surface area contributed by atoms with Gasteiger partial charge in [0.25, 0.3) is 0 Å². The van der Waals surface area contributed by atoms with Crippen molar-refractivity contribution < 1.29 is 0 Å². The fourth-order valence-electron chi connectivity index (χ4n) is 1.84. The number of anilines is 1. The summed E-state index contributed by atoms with van der Waals surface area (Å²) < 4.78 is 0. The van der Waals surface area contributed by atoms with Crippen LogP contribution >= 0.6 is 0 Å². The summed E-state index contributed by atoms with van der Waals surface area (Å²) in [7, 11) is 0. The predicted molar refractivity (Wildman–Crippen MR) is 83.1 cm³/mol. The van der Waals surface area contributed by atoms with E-state index >= 15 is 0 Å². The number of aliphatic imine (C=N–C) groups is 1. The number of allylic oxidation sites excluding steroid dienone is 1. The first-order valence-corrected chi connectivity index (χ1v) is 6.32. The maximum atomic E-state index is 5.96. The zero-order valence-electron chi connectivity index (χ0n) is 11.3. The van der Waals surface area contributed by atoms with E-state index in [0.29, 0.717) is 12.2 Å². The van der Waals surface area contributed by atoms with E-state index in [4.69, 9.17) is 11.5 Å². The maximum Gasteiger partial charge on any atom is 0.115 e. The largest absolute Gasteiger partial charge is 0.404 e. The van der Waals surface area contributed by atoms with E-state index in [1.54, 1.807) is 18.6 Å². The zero-order valence-corrected chi connectivity index (χ0v) is 11.3. The lowest BCUT2D eigenvalue weighted by Crippen LogP contribution is -1.95. The van der Waals surface area contributed by atoms with E-state index in [9.17, 15) is 0 Å². The van der Waals surface area contributed by atoms with E-state index in [1.165, 1.54) is 12.5 Å². The van der Waals surface area contributed by atoms with E-state index < -0.39 is 0 Å². The summed E-state index contributed by atoms with van der Waals surface area (Å²) >= 11 is 0. The molecule has 102 valence electrons. The second kappa shape index (κ2) is 6.47. The van der Waals surface area contributed by atoms with Crippen LogP contribution in [0.4, 0.5) is 5.69 Å². The second-order valence-corrected chi connectivity index (χ2v) is 4.22. The Hall–Kier alpha value is -2.69. The highest BCUT2D eigenvalue weighted by Gasteiger charge is 2.05. The Morgan fingerprint density at radius 2 is 1.95 bits per heavy atom. The van der Waals surface area contributed by atoms with Crippen LogP contribution in [0.2, 0.25) is 0 Å². The van der Waals surface area contributed by atoms with Gasteiger partial charge in [0.1, 0.15) is 6.33 Å². The minimum absolute atomic E-state index is 0.658. The molecule has 2 rings (SSSR count). The van der Waals surface area contributed by atoms with Crippen molar-refractivity contribution >= 4 is 17.5 Å². The molecule has 0 radical (unpaired) electrons. The second-order valence-electron chi connectivity index (χ2n) is 4.22. The highest BCUT2D eigenvalue weighted by molar-refractivity contribution is 6.10. The first kappa shape index (κ1) is 13.7. The van der Waals surface area contributed by atoms with Gasteiger partial charge >= 0.3 is 0 Å². The van der Waals surface area contributed by atoms with Crippen molar-refractivity contribution in [1.82, 2.24) is 9.97 Å². The Morgan fingerprint density at radius 1 is 1.20 bits per heavy atom. The first-order valence-electron chi connectivity index (χ1n) is 6.32. The van der Waals surface area contributed by atoms with Crippen molar-refractivity contribution in [2.45, 2.75) is 6.92 Å². The van der Waals surface area contributed by atoms with Gasteiger partial charge in [0, 0.05) is 48.2 Å². The molecule has 0 aliphatic heterocycles. The van der Waals surface area contributed by atoms with Gasteiger partial charge in [0.2, 0.25) is 0 Å². The van der Waals surface area contributed by atoms with Gasteiger partial charge in [-0.2, -0.15) is 0 Å². The Labute approximate surface area is 118 Å². The predicted octanol–water partition coefficient (Wildman–Crippen LogP) is 2.12. The molecule has 0 spiro atoms. The summed E-state index contributed by atoms with van der Waals surface area (Å²) in [4.78, 5) is 12.2. The van der Waals surface area contributed by atoms with Crippen molar-refractivity contribution in [2.75, 3.05) is 12.3 Å². The summed E-state index contributed by atoms with van der Waals surface area (Å²) in [5.74, 6) is 0. The number of hydrogen-bond acceptors (Lipinski definition) is 5. The van der Waals surface area contributed by atoms with Gasteiger partial charge in [-0.1, -0.05) is 0 Å². The van der Waals surface area contributed by atoms with E-state index in [-0.39, 0.29) is 0 Å². The van der Waals surface area contributed by atoms with Crippen molar-refractivity contribution in [2.24, 2.45) is 10.7 Å². The zero-order chi connectivity index (χ0) is 14.4. The van der Waals surface area contributed by atoms with E-state index in [2.05, 4.69) is 15.0 Å². The third-order valence-corrected chi connectivity index (χ3v) is 2.78. The molecule has 1 heterocycles. The molecule has 0 bridgehead atoms. The lowest BCUT2D eigenvalue weighted by atomic mass is 10.0. The molecule has 1 aromatic carbocycles. The molecular formula is C15H17N5. The Bertz CT molecular complexity index is 632. The molecule has 4 N–H and O–H groups in total. The van der Waals surface area contributed by atoms with Gasteiger partial charge in [0.05, 0.1) is 0 Å². The molecule has 0 saturated carbocycles. The van der Waals surface area contributed by atoms with Crippen molar-refractivity contribution in [3.8, 4) is 11.1 Å². The molecule has 0 aliphatic rings. The lowest BCUT2D eigenvalue weighted by Gasteiger charge is -2.07. The van der Waals surface area contributed by atoms with E-state index in [0.717, 1.165) is 22.3 Å². The first-order chi connectivity index (χ1) is 9.74. The number of nitrogen functional groups attached to an aromatic ring is 1. The fourth-order valence-corrected chi connectivity index (χ4v) is 1.84. The Balaban J connectivity index is 2.46. The van der Waals surface area contributed by atoms with Crippen LogP contribution in [-0.2, 0) is 0 Å². The number of rotatable bonds is 4. The quantitative estimate of drug-likeness (QED) is 0.655. The van der Waals surface area contributed by atoms with Crippen molar-refractivity contribution in [3.63, 3.8) is 0 Å². The van der Waals surface area contributed by atoms with Crippen LogP contribution in [-0.4, -0.2) is 22.7 Å². The molecule has 0 unspecified atom stereocenters. The molecule has 5 heteroatoms. The summed E-state index contributed by atoms with van der Waals surface area (Å²) in [6.07, 6.45) is 8.27. The fraction of sp³-hybridized carbons (Fsp3) is 0.133. The smallest absolute Gasteiger partial charge is 0.115 e. The molecule has 1 aromatic heterocycles. The van der Waals surface area contributed by atoms with Gasteiger partial charge in [-0.25, -0.2) is 9.97 Å². The van der Waals surface area contributed by atoms with Crippen LogP contribution < -0.4 is 11.5 Å². The highest BCUT2D eigenvalue weighted by atomic mass is 14.8. The number of benzene rings is 1. The van der Waals surface area contributed by atoms with Crippen molar-refractivity contribution in [1.29, 1.82) is 0 Å². The minimum atomic E-state index is 0.658. The molecule has 0 fully saturated rings. The summed E-state index contributed by atoms with van der Waals surface area (Å²) in [6, 6.07) is 5.75. The van der Waals surface area contributed by atoms with Gasteiger partial charge in [-0.3, -0.25) is 4.99 Å². The molecule has 0 saturated heterocycles. The molecule has 5 nitrogen and oxygen atoms in total. The van der Waals surface area contributed by atoms with Gasteiger partial charge in [-0.15, -0.1) is 0 Å². The van der Waals surface area contributed by atoms with Crippen LogP contribution in [0.1, 0.15) is 12.5 Å². The summed E-state index contributed by atoms with van der Waals surface area (Å²) in [5.41, 5.74) is 15.9. The van der Waals surface area contributed by atoms with E-state index in [1.807, 2.05) is 25.1 Å². The van der Waals surface area contributed by atoms with Crippen LogP contribution in [0.15, 0.2) is 48.1 Å². The van der Waals surface area contributed by atoms with Crippen LogP contribution in [0, 0.1) is 0 Å².